The Morgan fingerprint density at radius 2 is 2.04 bits per heavy atom. The summed E-state index contributed by atoms with van der Waals surface area (Å²) in [7, 11) is 0. The molecule has 0 radical (unpaired) electrons. The van der Waals surface area contributed by atoms with E-state index in [0.29, 0.717) is 17.2 Å². The molecule has 1 aliphatic carbocycles. The van der Waals surface area contributed by atoms with Gasteiger partial charge in [0.05, 0.1) is 10.9 Å². The van der Waals surface area contributed by atoms with Crippen LogP contribution in [0.25, 0.3) is 0 Å². The third-order valence-electron chi connectivity index (χ3n) is 3.91. The van der Waals surface area contributed by atoms with Crippen LogP contribution in [-0.4, -0.2) is 40.6 Å². The number of nitrogens with zero attached hydrogens (tertiary/aromatic N) is 1. The second-order valence-corrected chi connectivity index (χ2v) is 6.31. The number of hydrogen-bond donors (Lipinski definition) is 1. The molecule has 2 atom stereocenters. The molecule has 0 heterocycles. The maximum absolute atomic E-state index is 12.8. The Morgan fingerprint density at radius 1 is 1.39 bits per heavy atom. The molecule has 0 spiro atoms. The summed E-state index contributed by atoms with van der Waals surface area (Å²) in [6.45, 7) is 3.69. The lowest BCUT2D eigenvalue weighted by Gasteiger charge is -2.28. The van der Waals surface area contributed by atoms with Crippen LogP contribution in [0.4, 0.5) is 0 Å². The van der Waals surface area contributed by atoms with E-state index in [1.165, 1.54) is 0 Å². The van der Waals surface area contributed by atoms with Gasteiger partial charge < -0.3 is 14.7 Å². The highest BCUT2D eigenvalue weighted by Gasteiger charge is 2.37. The zero-order chi connectivity index (χ0) is 17.0. The monoisotopic (exact) mass is 339 g/mol. The first-order valence-electron chi connectivity index (χ1n) is 7.88. The summed E-state index contributed by atoms with van der Waals surface area (Å²) in [5.41, 5.74) is 0. The number of aliphatic carboxylic acids is 1. The number of carboxylic acids is 1. The van der Waals surface area contributed by atoms with Gasteiger partial charge in [0.1, 0.15) is 5.75 Å². The fourth-order valence-corrected chi connectivity index (χ4v) is 2.55. The molecule has 1 aliphatic rings. The van der Waals surface area contributed by atoms with Crippen molar-refractivity contribution in [2.45, 2.75) is 45.3 Å². The van der Waals surface area contributed by atoms with Crippen LogP contribution in [0.15, 0.2) is 24.3 Å². The molecule has 1 saturated carbocycles. The number of hydrogen-bond acceptors (Lipinski definition) is 3. The van der Waals surface area contributed by atoms with Gasteiger partial charge in [0.15, 0.2) is 6.10 Å². The summed E-state index contributed by atoms with van der Waals surface area (Å²) in [6.07, 6.45) is 1.67. The highest BCUT2D eigenvalue weighted by molar-refractivity contribution is 6.32. The van der Waals surface area contributed by atoms with E-state index in [-0.39, 0.29) is 18.5 Å². The first kappa shape index (κ1) is 17.6. The Kier molecular flexibility index (Phi) is 5.88. The van der Waals surface area contributed by atoms with Gasteiger partial charge in [0.25, 0.3) is 5.91 Å². The summed E-state index contributed by atoms with van der Waals surface area (Å²) >= 11 is 6.08. The number of ether oxygens (including phenoxy) is 1. The molecule has 1 fully saturated rings. The second kappa shape index (κ2) is 7.68. The van der Waals surface area contributed by atoms with Crippen molar-refractivity contribution < 1.29 is 19.4 Å². The highest BCUT2D eigenvalue weighted by Crippen LogP contribution is 2.30. The van der Waals surface area contributed by atoms with E-state index in [2.05, 4.69) is 0 Å². The smallest absolute Gasteiger partial charge is 0.308 e. The minimum absolute atomic E-state index is 0.133. The van der Waals surface area contributed by atoms with Crippen LogP contribution in [0.2, 0.25) is 5.02 Å². The van der Waals surface area contributed by atoms with Crippen LogP contribution in [0.5, 0.6) is 5.75 Å². The van der Waals surface area contributed by atoms with Gasteiger partial charge in [-0.3, -0.25) is 9.59 Å². The molecule has 0 aromatic heterocycles. The van der Waals surface area contributed by atoms with E-state index in [1.54, 1.807) is 36.1 Å². The normalized spacial score (nSPS) is 16.5. The third-order valence-corrected chi connectivity index (χ3v) is 4.23. The van der Waals surface area contributed by atoms with E-state index >= 15 is 0 Å². The average molecular weight is 340 g/mol. The van der Waals surface area contributed by atoms with Crippen molar-refractivity contribution >= 4 is 23.5 Å². The molecule has 1 N–H and O–H groups in total. The van der Waals surface area contributed by atoms with Gasteiger partial charge in [-0.1, -0.05) is 37.6 Å². The van der Waals surface area contributed by atoms with E-state index in [9.17, 15) is 9.59 Å². The predicted octanol–water partition coefficient (Wildman–Crippen LogP) is 3.21. The number of benzene rings is 1. The van der Waals surface area contributed by atoms with Crippen LogP contribution in [0.3, 0.4) is 0 Å². The Morgan fingerprint density at radius 3 is 2.57 bits per heavy atom. The van der Waals surface area contributed by atoms with E-state index < -0.39 is 18.0 Å². The first-order valence-corrected chi connectivity index (χ1v) is 8.26. The maximum Gasteiger partial charge on any atom is 0.308 e. The third kappa shape index (κ3) is 4.61. The molecule has 0 bridgehead atoms. The van der Waals surface area contributed by atoms with Gasteiger partial charge >= 0.3 is 5.97 Å². The van der Waals surface area contributed by atoms with Crippen molar-refractivity contribution in [1.82, 2.24) is 4.90 Å². The van der Waals surface area contributed by atoms with Crippen LogP contribution in [0.1, 0.15) is 33.1 Å². The molecule has 2 unspecified atom stereocenters. The molecule has 6 heteroatoms. The lowest BCUT2D eigenvalue weighted by Crippen LogP contribution is -2.45. The summed E-state index contributed by atoms with van der Waals surface area (Å²) in [4.78, 5) is 25.5. The number of carbonyl (C=O) groups excluding carboxylic acids is 1. The molecule has 1 amide bonds. The molecule has 1 aromatic carbocycles. The summed E-state index contributed by atoms with van der Waals surface area (Å²) < 4.78 is 5.79. The molecule has 23 heavy (non-hydrogen) atoms. The molecule has 5 nitrogen and oxygen atoms in total. The van der Waals surface area contributed by atoms with Crippen LogP contribution in [-0.2, 0) is 9.59 Å². The molecular formula is C17H22ClNO4. The maximum atomic E-state index is 12.8. The van der Waals surface area contributed by atoms with Crippen molar-refractivity contribution in [3.8, 4) is 5.75 Å². The van der Waals surface area contributed by atoms with Crippen LogP contribution >= 0.6 is 11.6 Å². The quantitative estimate of drug-likeness (QED) is 0.789. The van der Waals surface area contributed by atoms with Gasteiger partial charge in [-0.25, -0.2) is 0 Å². The number of carboxylic acid groups (broad SMARTS) is 1. The molecule has 126 valence electrons. The van der Waals surface area contributed by atoms with Gasteiger partial charge in [-0.05, 0) is 31.4 Å². The second-order valence-electron chi connectivity index (χ2n) is 5.91. The lowest BCUT2D eigenvalue weighted by molar-refractivity contribution is -0.145. The fourth-order valence-electron chi connectivity index (χ4n) is 2.37. The van der Waals surface area contributed by atoms with Crippen LogP contribution < -0.4 is 4.74 Å². The lowest BCUT2D eigenvalue weighted by atomic mass is 10.1. The Labute approximate surface area is 141 Å². The molecule has 1 aromatic rings. The summed E-state index contributed by atoms with van der Waals surface area (Å²) in [5, 5.41) is 9.55. The van der Waals surface area contributed by atoms with Crippen molar-refractivity contribution in [3.05, 3.63) is 29.3 Å². The number of rotatable bonds is 8. The molecule has 0 saturated heterocycles. The molecule has 0 aliphatic heterocycles. The van der Waals surface area contributed by atoms with Crippen LogP contribution in [0, 0.1) is 5.92 Å². The minimum atomic E-state index is -0.900. The zero-order valence-electron chi connectivity index (χ0n) is 13.4. The standard InChI is InChI=1S/C17H22ClNO4/c1-3-14(23-15-7-5-4-6-13(15)18)16(20)19(12-8-9-12)10-11(2)17(21)22/h4-7,11-12,14H,3,8-10H2,1-2H3,(H,21,22). The molecule has 2 rings (SSSR count). The Hall–Kier alpha value is -1.75. The van der Waals surface area contributed by atoms with Crippen molar-refractivity contribution in [2.75, 3.05) is 6.54 Å². The van der Waals surface area contributed by atoms with Gasteiger partial charge in [0, 0.05) is 12.6 Å². The number of halogens is 1. The van der Waals surface area contributed by atoms with Crippen molar-refractivity contribution in [2.24, 2.45) is 5.92 Å². The highest BCUT2D eigenvalue weighted by atomic mass is 35.5. The summed E-state index contributed by atoms with van der Waals surface area (Å²) in [5.74, 6) is -1.19. The van der Waals surface area contributed by atoms with E-state index in [1.807, 2.05) is 6.92 Å². The topological polar surface area (TPSA) is 66.8 Å². The van der Waals surface area contributed by atoms with Crippen molar-refractivity contribution in [1.29, 1.82) is 0 Å². The fraction of sp³-hybridized carbons (Fsp3) is 0.529. The Balaban J connectivity index is 2.10. The van der Waals surface area contributed by atoms with E-state index in [0.717, 1.165) is 12.8 Å². The number of para-hydroxylation sites is 1. The van der Waals surface area contributed by atoms with Gasteiger partial charge in [-0.15, -0.1) is 0 Å². The minimum Gasteiger partial charge on any atom is -0.481 e. The first-order chi connectivity index (χ1) is 10.9. The van der Waals surface area contributed by atoms with Crippen molar-refractivity contribution in [3.63, 3.8) is 0 Å². The van der Waals surface area contributed by atoms with E-state index in [4.69, 9.17) is 21.4 Å². The SMILES string of the molecule is CCC(Oc1ccccc1Cl)C(=O)N(CC(C)C(=O)O)C1CC1. The molecular weight excluding hydrogens is 318 g/mol. The number of amides is 1. The van der Waals surface area contributed by atoms with Gasteiger partial charge in [0.2, 0.25) is 0 Å². The van der Waals surface area contributed by atoms with Gasteiger partial charge in [-0.2, -0.15) is 0 Å². The number of carbonyl (C=O) groups is 2. The Bertz CT molecular complexity index is 573. The largest absolute Gasteiger partial charge is 0.481 e. The zero-order valence-corrected chi connectivity index (χ0v) is 14.1. The summed E-state index contributed by atoms with van der Waals surface area (Å²) in [6, 6.07) is 7.15. The average Bonchev–Trinajstić information content (AvgIpc) is 3.35. The predicted molar refractivity (Wildman–Crippen MR) is 87.7 cm³/mol.